The third kappa shape index (κ3) is 5.75. The topological polar surface area (TPSA) is 123 Å². The summed E-state index contributed by atoms with van der Waals surface area (Å²) < 4.78 is 11.9. The van der Waals surface area contributed by atoms with Gasteiger partial charge in [0.15, 0.2) is 11.5 Å². The summed E-state index contributed by atoms with van der Waals surface area (Å²) in [5, 5.41) is 29.4. The SMILES string of the molecule is COc1cc(/C=C(/C#N)c2ccc(C(=O)O)cc2)c(Br)cc1OCc1ccc([N+](=O)[O-])cc1. The summed E-state index contributed by atoms with van der Waals surface area (Å²) in [7, 11) is 1.49. The standard InChI is InChI=1S/C24H17BrN2O6/c1-32-22-11-18(10-19(13-26)16-4-6-17(7-5-16)24(28)29)21(25)12-23(22)33-14-15-2-8-20(9-3-15)27(30)31/h2-12H,14H2,1H3,(H,28,29)/b19-10-. The Morgan fingerprint density at radius 3 is 2.30 bits per heavy atom. The lowest BCUT2D eigenvalue weighted by molar-refractivity contribution is -0.384. The number of hydrogen-bond donors (Lipinski definition) is 1. The van der Waals surface area contributed by atoms with Crippen LogP contribution in [0.5, 0.6) is 11.5 Å². The van der Waals surface area contributed by atoms with Crippen LogP contribution in [0.1, 0.15) is 27.0 Å². The first-order chi connectivity index (χ1) is 15.8. The van der Waals surface area contributed by atoms with Gasteiger partial charge in [0.2, 0.25) is 0 Å². The maximum Gasteiger partial charge on any atom is 0.335 e. The number of carboxylic acids is 1. The van der Waals surface area contributed by atoms with Crippen molar-refractivity contribution in [1.82, 2.24) is 0 Å². The minimum Gasteiger partial charge on any atom is -0.493 e. The van der Waals surface area contributed by atoms with Gasteiger partial charge >= 0.3 is 5.97 Å². The second kappa shape index (κ2) is 10.4. The highest BCUT2D eigenvalue weighted by atomic mass is 79.9. The van der Waals surface area contributed by atoms with Crippen LogP contribution >= 0.6 is 15.9 Å². The van der Waals surface area contributed by atoms with Crippen molar-refractivity contribution < 1.29 is 24.3 Å². The summed E-state index contributed by atoms with van der Waals surface area (Å²) in [5.41, 5.74) is 2.46. The molecule has 3 rings (SSSR count). The lowest BCUT2D eigenvalue weighted by Crippen LogP contribution is -1.99. The van der Waals surface area contributed by atoms with Gasteiger partial charge < -0.3 is 14.6 Å². The normalized spacial score (nSPS) is 10.9. The van der Waals surface area contributed by atoms with E-state index in [1.807, 2.05) is 0 Å². The number of carbonyl (C=O) groups is 1. The van der Waals surface area contributed by atoms with Gasteiger partial charge in [-0.15, -0.1) is 0 Å². The van der Waals surface area contributed by atoms with Gasteiger partial charge in [-0.1, -0.05) is 28.1 Å². The molecule has 0 amide bonds. The number of rotatable bonds is 8. The number of carboxylic acid groups (broad SMARTS) is 1. The average molecular weight is 509 g/mol. The molecule has 0 spiro atoms. The predicted octanol–water partition coefficient (Wildman–Crippen LogP) is 5.71. The fourth-order valence-corrected chi connectivity index (χ4v) is 3.37. The number of non-ortho nitro benzene ring substituents is 1. The number of nitriles is 1. The van der Waals surface area contributed by atoms with Crippen molar-refractivity contribution in [3.05, 3.63) is 97.5 Å². The highest BCUT2D eigenvalue weighted by molar-refractivity contribution is 9.10. The van der Waals surface area contributed by atoms with Gasteiger partial charge in [-0.25, -0.2) is 4.79 Å². The molecule has 0 fully saturated rings. The molecule has 0 unspecified atom stereocenters. The van der Waals surface area contributed by atoms with Crippen LogP contribution in [0.4, 0.5) is 5.69 Å². The average Bonchev–Trinajstić information content (AvgIpc) is 2.82. The zero-order valence-corrected chi connectivity index (χ0v) is 18.9. The Labute approximate surface area is 197 Å². The van der Waals surface area contributed by atoms with E-state index in [0.717, 1.165) is 5.56 Å². The molecule has 166 valence electrons. The summed E-state index contributed by atoms with van der Waals surface area (Å²) in [6, 6.07) is 17.6. The van der Waals surface area contributed by atoms with Crippen LogP contribution in [0.3, 0.4) is 0 Å². The van der Waals surface area contributed by atoms with E-state index in [2.05, 4.69) is 22.0 Å². The fraction of sp³-hybridized carbons (Fsp3) is 0.0833. The third-order valence-corrected chi connectivity index (χ3v) is 5.37. The van der Waals surface area contributed by atoms with E-state index in [9.17, 15) is 20.2 Å². The van der Waals surface area contributed by atoms with Gasteiger partial charge in [0.05, 0.1) is 29.2 Å². The molecule has 3 aromatic carbocycles. The Bertz CT molecular complexity index is 1260. The fourth-order valence-electron chi connectivity index (χ4n) is 2.94. The zero-order valence-electron chi connectivity index (χ0n) is 17.3. The Morgan fingerprint density at radius 2 is 1.76 bits per heavy atom. The molecular weight excluding hydrogens is 492 g/mol. The molecule has 0 aliphatic carbocycles. The largest absolute Gasteiger partial charge is 0.493 e. The van der Waals surface area contributed by atoms with Crippen LogP contribution in [0, 0.1) is 21.4 Å². The first-order valence-electron chi connectivity index (χ1n) is 9.51. The molecule has 3 aromatic rings. The quantitative estimate of drug-likeness (QED) is 0.179. The number of hydrogen-bond acceptors (Lipinski definition) is 6. The molecule has 0 bridgehead atoms. The molecule has 0 atom stereocenters. The summed E-state index contributed by atoms with van der Waals surface area (Å²) in [5.74, 6) is -0.157. The summed E-state index contributed by atoms with van der Waals surface area (Å²) in [4.78, 5) is 21.4. The van der Waals surface area contributed by atoms with E-state index in [0.29, 0.717) is 32.7 Å². The van der Waals surface area contributed by atoms with Crippen molar-refractivity contribution in [1.29, 1.82) is 5.26 Å². The van der Waals surface area contributed by atoms with Crippen molar-refractivity contribution >= 4 is 39.2 Å². The molecular formula is C24H17BrN2O6. The van der Waals surface area contributed by atoms with Gasteiger partial charge in [-0.3, -0.25) is 10.1 Å². The lowest BCUT2D eigenvalue weighted by atomic mass is 10.0. The Kier molecular flexibility index (Phi) is 7.43. The van der Waals surface area contributed by atoms with E-state index in [4.69, 9.17) is 14.6 Å². The second-order valence-electron chi connectivity index (χ2n) is 6.79. The van der Waals surface area contributed by atoms with E-state index < -0.39 is 10.9 Å². The molecule has 0 aliphatic rings. The Morgan fingerprint density at radius 1 is 1.12 bits per heavy atom. The molecule has 0 saturated heterocycles. The number of halogens is 1. The molecule has 0 saturated carbocycles. The van der Waals surface area contributed by atoms with Crippen molar-refractivity contribution in [3.63, 3.8) is 0 Å². The third-order valence-electron chi connectivity index (χ3n) is 4.69. The number of nitro benzene ring substituents is 1. The van der Waals surface area contributed by atoms with Gasteiger partial charge in [0.25, 0.3) is 5.69 Å². The highest BCUT2D eigenvalue weighted by Crippen LogP contribution is 2.36. The number of nitrogens with zero attached hydrogens (tertiary/aromatic N) is 2. The van der Waals surface area contributed by atoms with Crippen molar-refractivity contribution in [2.24, 2.45) is 0 Å². The molecule has 0 radical (unpaired) electrons. The van der Waals surface area contributed by atoms with E-state index >= 15 is 0 Å². The van der Waals surface area contributed by atoms with Crippen LogP contribution in [0.15, 0.2) is 65.1 Å². The summed E-state index contributed by atoms with van der Waals surface area (Å²) in [6.07, 6.45) is 1.66. The lowest BCUT2D eigenvalue weighted by Gasteiger charge is -2.13. The number of methoxy groups -OCH3 is 1. The number of benzene rings is 3. The molecule has 8 nitrogen and oxygen atoms in total. The van der Waals surface area contributed by atoms with Gasteiger partial charge in [-0.2, -0.15) is 5.26 Å². The minimum absolute atomic E-state index is 0.00103. The smallest absolute Gasteiger partial charge is 0.335 e. The minimum atomic E-state index is -1.04. The molecule has 0 heterocycles. The van der Waals surface area contributed by atoms with Gasteiger partial charge in [0, 0.05) is 16.6 Å². The Balaban J connectivity index is 1.84. The van der Waals surface area contributed by atoms with Crippen LogP contribution in [0.25, 0.3) is 11.6 Å². The monoisotopic (exact) mass is 508 g/mol. The van der Waals surface area contributed by atoms with Gasteiger partial charge in [-0.05, 0) is 59.2 Å². The number of nitro groups is 1. The Hall–Kier alpha value is -4.16. The van der Waals surface area contributed by atoms with E-state index in [1.165, 1.54) is 31.4 Å². The molecule has 0 aliphatic heterocycles. The van der Waals surface area contributed by atoms with Crippen molar-refractivity contribution in [2.75, 3.05) is 7.11 Å². The predicted molar refractivity (Wildman–Crippen MR) is 125 cm³/mol. The maximum atomic E-state index is 11.0. The first kappa shape index (κ1) is 23.5. The van der Waals surface area contributed by atoms with Crippen LogP contribution in [-0.4, -0.2) is 23.1 Å². The van der Waals surface area contributed by atoms with E-state index in [-0.39, 0.29) is 17.9 Å². The second-order valence-corrected chi connectivity index (χ2v) is 7.64. The van der Waals surface area contributed by atoms with Gasteiger partial charge in [0.1, 0.15) is 6.61 Å². The van der Waals surface area contributed by atoms with E-state index in [1.54, 1.807) is 42.5 Å². The van der Waals surface area contributed by atoms with Crippen LogP contribution < -0.4 is 9.47 Å². The summed E-state index contributed by atoms with van der Waals surface area (Å²) in [6.45, 7) is 0.176. The number of allylic oxidation sites excluding steroid dienone is 1. The molecule has 1 N–H and O–H groups in total. The molecule has 9 heteroatoms. The van der Waals surface area contributed by atoms with Crippen molar-refractivity contribution in [3.8, 4) is 17.6 Å². The molecule has 0 aromatic heterocycles. The molecule has 33 heavy (non-hydrogen) atoms. The first-order valence-corrected chi connectivity index (χ1v) is 10.3. The number of ether oxygens (including phenoxy) is 2. The zero-order chi connectivity index (χ0) is 24.0. The van der Waals surface area contributed by atoms with Crippen LogP contribution in [-0.2, 0) is 6.61 Å². The highest BCUT2D eigenvalue weighted by Gasteiger charge is 2.12. The van der Waals surface area contributed by atoms with Crippen LogP contribution in [0.2, 0.25) is 0 Å². The maximum absolute atomic E-state index is 11.0. The van der Waals surface area contributed by atoms with Crippen molar-refractivity contribution in [2.45, 2.75) is 6.61 Å². The summed E-state index contributed by atoms with van der Waals surface area (Å²) >= 11 is 3.48. The number of aromatic carboxylic acids is 1.